The van der Waals surface area contributed by atoms with Crippen molar-refractivity contribution >= 4 is 11.7 Å². The number of aromatic amines is 1. The van der Waals surface area contributed by atoms with Gasteiger partial charge in [-0.2, -0.15) is 5.10 Å². The lowest BCUT2D eigenvalue weighted by molar-refractivity contribution is 0.191. The Morgan fingerprint density at radius 2 is 2.11 bits per heavy atom. The number of carbonyl (C=O) groups is 1. The summed E-state index contributed by atoms with van der Waals surface area (Å²) in [5.74, 6) is 3.10. The second kappa shape index (κ2) is 8.08. The summed E-state index contributed by atoms with van der Waals surface area (Å²) < 4.78 is 5.72. The first-order valence-electron chi connectivity index (χ1n) is 9.30. The molecule has 1 aliphatic rings. The van der Waals surface area contributed by atoms with Crippen molar-refractivity contribution in [2.24, 2.45) is 0 Å². The zero-order chi connectivity index (χ0) is 19.3. The number of ether oxygens (including phenoxy) is 1. The molecule has 144 valence electrons. The minimum Gasteiger partial charge on any atom is -0.456 e. The van der Waals surface area contributed by atoms with Crippen molar-refractivity contribution in [3.63, 3.8) is 0 Å². The van der Waals surface area contributed by atoms with Crippen molar-refractivity contribution in [3.05, 3.63) is 60.4 Å². The summed E-state index contributed by atoms with van der Waals surface area (Å²) in [7, 11) is 0. The van der Waals surface area contributed by atoms with Crippen LogP contribution in [0.4, 0.5) is 10.5 Å². The molecule has 2 N–H and O–H groups in total. The fourth-order valence-electron chi connectivity index (χ4n) is 3.27. The van der Waals surface area contributed by atoms with Crippen LogP contribution in [0.25, 0.3) is 0 Å². The Morgan fingerprint density at radius 1 is 1.25 bits per heavy atom. The Morgan fingerprint density at radius 3 is 2.82 bits per heavy atom. The van der Waals surface area contributed by atoms with Gasteiger partial charge in [0, 0.05) is 30.9 Å². The fraction of sp³-hybridized carbons (Fsp3) is 0.300. The van der Waals surface area contributed by atoms with Crippen molar-refractivity contribution in [1.29, 1.82) is 0 Å². The Balaban J connectivity index is 1.35. The lowest BCUT2D eigenvalue weighted by Gasteiger charge is -2.31. The molecule has 8 nitrogen and oxygen atoms in total. The maximum absolute atomic E-state index is 12.7. The number of carbonyl (C=O) groups excluding carboxylic acids is 1. The minimum absolute atomic E-state index is 0.113. The first-order valence-corrected chi connectivity index (χ1v) is 9.30. The Hall–Kier alpha value is -3.42. The number of pyridine rings is 1. The summed E-state index contributed by atoms with van der Waals surface area (Å²) in [5, 5.41) is 10.1. The van der Waals surface area contributed by atoms with Gasteiger partial charge in [0.2, 0.25) is 0 Å². The number of aryl methyl sites for hydroxylation is 1. The average Bonchev–Trinajstić information content (AvgIpc) is 3.17. The van der Waals surface area contributed by atoms with E-state index in [-0.39, 0.29) is 11.9 Å². The summed E-state index contributed by atoms with van der Waals surface area (Å²) in [5.41, 5.74) is 0.722. The monoisotopic (exact) mass is 378 g/mol. The molecule has 3 aromatic rings. The molecule has 2 amide bonds. The maximum Gasteiger partial charge on any atom is 0.321 e. The van der Waals surface area contributed by atoms with Crippen LogP contribution in [0, 0.1) is 6.92 Å². The lowest BCUT2D eigenvalue weighted by atomic mass is 9.98. The van der Waals surface area contributed by atoms with Gasteiger partial charge in [0.15, 0.2) is 5.82 Å². The standard InChI is InChI=1S/C20H22N6O2/c1-14-22-19(25-24-14)15-4-3-11-26(13-15)20(27)23-16-6-8-17(9-7-16)28-18-5-2-10-21-12-18/h2,5-10,12,15H,3-4,11,13H2,1H3,(H,23,27)(H,22,24,25). The first kappa shape index (κ1) is 18.0. The highest BCUT2D eigenvalue weighted by Gasteiger charge is 2.27. The van der Waals surface area contributed by atoms with Gasteiger partial charge in [0.25, 0.3) is 0 Å². The predicted molar refractivity (Wildman–Crippen MR) is 104 cm³/mol. The van der Waals surface area contributed by atoms with Crippen molar-refractivity contribution < 1.29 is 9.53 Å². The molecule has 0 aliphatic carbocycles. The number of rotatable bonds is 4. The number of piperidine rings is 1. The summed E-state index contributed by atoms with van der Waals surface area (Å²) in [6, 6.07) is 10.8. The van der Waals surface area contributed by atoms with Crippen LogP contribution in [-0.4, -0.2) is 44.2 Å². The second-order valence-electron chi connectivity index (χ2n) is 6.81. The molecule has 0 spiro atoms. The molecule has 1 aliphatic heterocycles. The predicted octanol–water partition coefficient (Wildman–Crippen LogP) is 3.71. The Kier molecular flexibility index (Phi) is 5.18. The first-order chi connectivity index (χ1) is 13.7. The largest absolute Gasteiger partial charge is 0.456 e. The van der Waals surface area contributed by atoms with Crippen LogP contribution in [0.2, 0.25) is 0 Å². The molecule has 2 aromatic heterocycles. The molecule has 0 bridgehead atoms. The molecule has 1 aromatic carbocycles. The van der Waals surface area contributed by atoms with Crippen molar-refractivity contribution in [3.8, 4) is 11.5 Å². The quantitative estimate of drug-likeness (QED) is 0.721. The molecule has 0 radical (unpaired) electrons. The second-order valence-corrected chi connectivity index (χ2v) is 6.81. The lowest BCUT2D eigenvalue weighted by Crippen LogP contribution is -2.41. The maximum atomic E-state index is 12.7. The zero-order valence-corrected chi connectivity index (χ0v) is 15.6. The van der Waals surface area contributed by atoms with Crippen LogP contribution in [0.1, 0.15) is 30.4 Å². The van der Waals surface area contributed by atoms with Crippen LogP contribution < -0.4 is 10.1 Å². The van der Waals surface area contributed by atoms with E-state index in [1.54, 1.807) is 12.4 Å². The van der Waals surface area contributed by atoms with E-state index < -0.39 is 0 Å². The number of urea groups is 1. The van der Waals surface area contributed by atoms with Gasteiger partial charge in [0.05, 0.1) is 6.20 Å². The summed E-state index contributed by atoms with van der Waals surface area (Å²) >= 11 is 0. The number of hydrogen-bond acceptors (Lipinski definition) is 5. The van der Waals surface area contributed by atoms with Crippen LogP contribution in [0.5, 0.6) is 11.5 Å². The van der Waals surface area contributed by atoms with E-state index in [1.165, 1.54) is 0 Å². The number of benzene rings is 1. The number of nitrogens with zero attached hydrogens (tertiary/aromatic N) is 4. The van der Waals surface area contributed by atoms with Crippen LogP contribution in [-0.2, 0) is 0 Å². The molecule has 1 unspecified atom stereocenters. The summed E-state index contributed by atoms with van der Waals surface area (Å²) in [6.07, 6.45) is 5.27. The molecule has 1 saturated heterocycles. The Labute approximate surface area is 163 Å². The molecule has 8 heteroatoms. The zero-order valence-electron chi connectivity index (χ0n) is 15.6. The smallest absolute Gasteiger partial charge is 0.321 e. The van der Waals surface area contributed by atoms with Gasteiger partial charge in [-0.1, -0.05) is 0 Å². The van der Waals surface area contributed by atoms with Crippen LogP contribution in [0.15, 0.2) is 48.8 Å². The number of nitrogens with one attached hydrogen (secondary N) is 2. The normalized spacial score (nSPS) is 16.6. The summed E-state index contributed by atoms with van der Waals surface area (Å²) in [6.45, 7) is 3.23. The van der Waals surface area contributed by atoms with Crippen molar-refractivity contribution in [2.45, 2.75) is 25.7 Å². The van der Waals surface area contributed by atoms with Gasteiger partial charge >= 0.3 is 6.03 Å². The molecule has 1 atom stereocenters. The molecule has 3 heterocycles. The number of hydrogen-bond donors (Lipinski definition) is 2. The van der Waals surface area contributed by atoms with E-state index in [4.69, 9.17) is 4.74 Å². The Bertz CT molecular complexity index is 925. The number of amides is 2. The van der Waals surface area contributed by atoms with E-state index in [2.05, 4.69) is 25.5 Å². The van der Waals surface area contributed by atoms with E-state index in [0.29, 0.717) is 18.0 Å². The number of aromatic nitrogens is 4. The van der Waals surface area contributed by atoms with E-state index in [1.807, 2.05) is 48.2 Å². The number of likely N-dealkylation sites (tertiary alicyclic amines) is 1. The van der Waals surface area contributed by atoms with Gasteiger partial charge in [-0.05, 0) is 56.2 Å². The third-order valence-corrected chi connectivity index (χ3v) is 4.66. The summed E-state index contributed by atoms with van der Waals surface area (Å²) in [4.78, 5) is 22.9. The topological polar surface area (TPSA) is 96.0 Å². The molecular formula is C20H22N6O2. The average molecular weight is 378 g/mol. The third kappa shape index (κ3) is 4.28. The van der Waals surface area contributed by atoms with E-state index in [0.717, 1.165) is 36.7 Å². The van der Waals surface area contributed by atoms with Crippen molar-refractivity contribution in [2.75, 3.05) is 18.4 Å². The number of H-pyrrole nitrogens is 1. The SMILES string of the molecule is Cc1nc(C2CCCN(C(=O)Nc3ccc(Oc4cccnc4)cc3)C2)n[nH]1. The highest BCUT2D eigenvalue weighted by Crippen LogP contribution is 2.26. The highest BCUT2D eigenvalue weighted by molar-refractivity contribution is 5.89. The van der Waals surface area contributed by atoms with Gasteiger partial charge in [-0.3, -0.25) is 10.1 Å². The molecule has 1 fully saturated rings. The molecule has 4 rings (SSSR count). The van der Waals surface area contributed by atoms with Crippen LogP contribution >= 0.6 is 0 Å². The van der Waals surface area contributed by atoms with Gasteiger partial charge < -0.3 is 15.0 Å². The molecule has 0 saturated carbocycles. The number of anilines is 1. The van der Waals surface area contributed by atoms with Gasteiger partial charge in [-0.15, -0.1) is 0 Å². The van der Waals surface area contributed by atoms with E-state index >= 15 is 0 Å². The molecule has 28 heavy (non-hydrogen) atoms. The minimum atomic E-state index is -0.113. The highest BCUT2D eigenvalue weighted by atomic mass is 16.5. The van der Waals surface area contributed by atoms with Crippen LogP contribution in [0.3, 0.4) is 0 Å². The van der Waals surface area contributed by atoms with Gasteiger partial charge in [-0.25, -0.2) is 9.78 Å². The molecular weight excluding hydrogens is 356 g/mol. The third-order valence-electron chi connectivity index (χ3n) is 4.66. The van der Waals surface area contributed by atoms with E-state index in [9.17, 15) is 4.79 Å². The van der Waals surface area contributed by atoms with Crippen molar-refractivity contribution in [1.82, 2.24) is 25.1 Å². The fourth-order valence-corrected chi connectivity index (χ4v) is 3.27. The van der Waals surface area contributed by atoms with Gasteiger partial charge in [0.1, 0.15) is 17.3 Å².